The van der Waals surface area contributed by atoms with Crippen molar-refractivity contribution >= 4 is 38.6 Å². The first-order valence-corrected chi connectivity index (χ1v) is 10.2. The van der Waals surface area contributed by atoms with Crippen molar-refractivity contribution in [3.63, 3.8) is 0 Å². The zero-order valence-electron chi connectivity index (χ0n) is 15.9. The molecule has 152 valence electrons. The summed E-state index contributed by atoms with van der Waals surface area (Å²) in [6.07, 6.45) is 0. The van der Waals surface area contributed by atoms with Crippen LogP contribution in [0.15, 0.2) is 92.2 Å². The summed E-state index contributed by atoms with van der Waals surface area (Å²) < 4.78 is 25.8. The van der Waals surface area contributed by atoms with Crippen LogP contribution in [0.2, 0.25) is 0 Å². The summed E-state index contributed by atoms with van der Waals surface area (Å²) >= 11 is 3.40. The number of nitrogens with one attached hydrogen (secondary N) is 1. The molecule has 1 N–H and O–H groups in total. The molecule has 0 radical (unpaired) electrons. The zero-order chi connectivity index (χ0) is 21.4. The molecule has 5 nitrogen and oxygen atoms in total. The van der Waals surface area contributed by atoms with E-state index in [1.54, 1.807) is 42.5 Å². The van der Waals surface area contributed by atoms with Crippen molar-refractivity contribution in [1.29, 1.82) is 0 Å². The Morgan fingerprint density at radius 3 is 2.55 bits per heavy atom. The predicted molar refractivity (Wildman–Crippen MR) is 119 cm³/mol. The van der Waals surface area contributed by atoms with E-state index < -0.39 is 0 Å². The molecule has 7 heteroatoms. The molecule has 0 aliphatic rings. The number of benzene rings is 3. The molecule has 2 heterocycles. The average molecular weight is 477 g/mol. The third-order valence-electron chi connectivity index (χ3n) is 4.68. The molecule has 31 heavy (non-hydrogen) atoms. The molecule has 5 rings (SSSR count). The fourth-order valence-electron chi connectivity index (χ4n) is 3.17. The van der Waals surface area contributed by atoms with E-state index in [9.17, 15) is 9.18 Å². The van der Waals surface area contributed by atoms with E-state index in [1.807, 2.05) is 24.3 Å². The van der Waals surface area contributed by atoms with Gasteiger partial charge in [0.1, 0.15) is 17.1 Å². The van der Waals surface area contributed by atoms with Crippen molar-refractivity contribution in [2.24, 2.45) is 0 Å². The number of aromatic nitrogens is 1. The number of anilines is 1. The summed E-state index contributed by atoms with van der Waals surface area (Å²) in [7, 11) is 0. The highest BCUT2D eigenvalue weighted by Gasteiger charge is 2.14. The second-order valence-electron chi connectivity index (χ2n) is 6.84. The lowest BCUT2D eigenvalue weighted by molar-refractivity contribution is 0.0997. The highest BCUT2D eigenvalue weighted by Crippen LogP contribution is 2.28. The number of carbonyl (C=O) groups excluding carboxylic acids is 1. The van der Waals surface area contributed by atoms with Crippen LogP contribution in [0.1, 0.15) is 10.6 Å². The Kier molecular flexibility index (Phi) is 4.88. The summed E-state index contributed by atoms with van der Waals surface area (Å²) in [5.41, 5.74) is 3.03. The minimum absolute atomic E-state index is 0.193. The Morgan fingerprint density at radius 1 is 0.903 bits per heavy atom. The first-order chi connectivity index (χ1) is 15.0. The maximum Gasteiger partial charge on any atom is 0.291 e. The van der Waals surface area contributed by atoms with Crippen molar-refractivity contribution in [2.75, 3.05) is 5.32 Å². The van der Waals surface area contributed by atoms with Crippen LogP contribution in [0, 0.1) is 5.82 Å². The molecule has 0 fully saturated rings. The van der Waals surface area contributed by atoms with Crippen LogP contribution in [0.4, 0.5) is 10.1 Å². The summed E-state index contributed by atoms with van der Waals surface area (Å²) in [6, 6.07) is 22.1. The number of rotatable bonds is 4. The number of hydrogen-bond acceptors (Lipinski definition) is 4. The SMILES string of the molecule is O=C(Nc1ccc2oc(-c3cccc(F)c3)nc2c1)c1ccc(-c2ccc(Br)cc2)o1. The normalized spacial score (nSPS) is 11.0. The number of furan rings is 1. The maximum atomic E-state index is 13.5. The number of carbonyl (C=O) groups is 1. The third-order valence-corrected chi connectivity index (χ3v) is 5.20. The molecule has 0 unspecified atom stereocenters. The molecule has 3 aromatic carbocycles. The Labute approximate surface area is 184 Å². The summed E-state index contributed by atoms with van der Waals surface area (Å²) in [5.74, 6) is 0.358. The predicted octanol–water partition coefficient (Wildman–Crippen LogP) is 6.91. The zero-order valence-corrected chi connectivity index (χ0v) is 17.5. The van der Waals surface area contributed by atoms with Gasteiger partial charge in [-0.1, -0.05) is 34.1 Å². The minimum atomic E-state index is -0.378. The molecule has 2 aromatic heterocycles. The van der Waals surface area contributed by atoms with E-state index in [-0.39, 0.29) is 17.5 Å². The van der Waals surface area contributed by atoms with Gasteiger partial charge < -0.3 is 14.2 Å². The Bertz CT molecular complexity index is 1410. The molecule has 0 spiro atoms. The number of fused-ring (bicyclic) bond motifs is 1. The van der Waals surface area contributed by atoms with E-state index in [0.717, 1.165) is 10.0 Å². The fraction of sp³-hybridized carbons (Fsp3) is 0. The highest BCUT2D eigenvalue weighted by atomic mass is 79.9. The topological polar surface area (TPSA) is 68.3 Å². The van der Waals surface area contributed by atoms with Crippen LogP contribution in [0.5, 0.6) is 0 Å². The van der Waals surface area contributed by atoms with E-state index in [2.05, 4.69) is 26.2 Å². The van der Waals surface area contributed by atoms with Gasteiger partial charge >= 0.3 is 0 Å². The molecule has 0 aliphatic carbocycles. The van der Waals surface area contributed by atoms with Gasteiger partial charge in [0.15, 0.2) is 11.3 Å². The van der Waals surface area contributed by atoms with Gasteiger partial charge in [-0.15, -0.1) is 0 Å². The van der Waals surface area contributed by atoms with Crippen LogP contribution in [-0.4, -0.2) is 10.9 Å². The van der Waals surface area contributed by atoms with Crippen molar-refractivity contribution in [3.05, 3.63) is 94.9 Å². The average Bonchev–Trinajstić information content (AvgIpc) is 3.41. The van der Waals surface area contributed by atoms with Crippen LogP contribution < -0.4 is 5.32 Å². The van der Waals surface area contributed by atoms with Gasteiger partial charge in [0.2, 0.25) is 5.89 Å². The van der Waals surface area contributed by atoms with Crippen molar-refractivity contribution in [3.8, 4) is 22.8 Å². The van der Waals surface area contributed by atoms with Gasteiger partial charge in [-0.25, -0.2) is 9.37 Å². The lowest BCUT2D eigenvalue weighted by Crippen LogP contribution is -2.10. The number of hydrogen-bond donors (Lipinski definition) is 1. The van der Waals surface area contributed by atoms with Gasteiger partial charge in [0.25, 0.3) is 5.91 Å². The molecule has 0 aliphatic heterocycles. The maximum absolute atomic E-state index is 13.5. The van der Waals surface area contributed by atoms with E-state index in [0.29, 0.717) is 34.0 Å². The van der Waals surface area contributed by atoms with Gasteiger partial charge in [0, 0.05) is 21.3 Å². The Hall–Kier alpha value is -3.71. The number of nitrogens with zero attached hydrogens (tertiary/aromatic N) is 1. The van der Waals surface area contributed by atoms with Crippen LogP contribution in [0.25, 0.3) is 33.9 Å². The fourth-order valence-corrected chi connectivity index (χ4v) is 3.44. The first kappa shape index (κ1) is 19.3. The lowest BCUT2D eigenvalue weighted by Gasteiger charge is -2.03. The van der Waals surface area contributed by atoms with Gasteiger partial charge in [-0.3, -0.25) is 4.79 Å². The van der Waals surface area contributed by atoms with Gasteiger partial charge in [0.05, 0.1) is 0 Å². The smallest absolute Gasteiger partial charge is 0.291 e. The van der Waals surface area contributed by atoms with Crippen LogP contribution in [-0.2, 0) is 0 Å². The largest absolute Gasteiger partial charge is 0.451 e. The number of oxazole rings is 1. The Balaban J connectivity index is 1.36. The van der Waals surface area contributed by atoms with Crippen molar-refractivity contribution in [1.82, 2.24) is 4.98 Å². The number of halogens is 2. The first-order valence-electron chi connectivity index (χ1n) is 9.39. The number of amides is 1. The van der Waals surface area contributed by atoms with Crippen LogP contribution >= 0.6 is 15.9 Å². The van der Waals surface area contributed by atoms with Crippen LogP contribution in [0.3, 0.4) is 0 Å². The van der Waals surface area contributed by atoms with Gasteiger partial charge in [-0.2, -0.15) is 0 Å². The standard InChI is InChI=1S/C24H14BrFN2O3/c25-16-6-4-14(5-7-16)20-10-11-22(30-20)23(29)27-18-8-9-21-19(13-18)28-24(31-21)15-2-1-3-17(26)12-15/h1-13H,(H,27,29). The summed E-state index contributed by atoms with van der Waals surface area (Å²) in [6.45, 7) is 0. The third kappa shape index (κ3) is 4.00. The highest BCUT2D eigenvalue weighted by molar-refractivity contribution is 9.10. The van der Waals surface area contributed by atoms with E-state index >= 15 is 0 Å². The summed E-state index contributed by atoms with van der Waals surface area (Å²) in [5, 5.41) is 2.80. The van der Waals surface area contributed by atoms with Crippen molar-refractivity contribution < 1.29 is 18.0 Å². The molecular weight excluding hydrogens is 463 g/mol. The molecule has 0 saturated carbocycles. The second-order valence-corrected chi connectivity index (χ2v) is 7.75. The lowest BCUT2D eigenvalue weighted by atomic mass is 10.2. The summed E-state index contributed by atoms with van der Waals surface area (Å²) in [4.78, 5) is 17.0. The molecular formula is C24H14BrFN2O3. The van der Waals surface area contributed by atoms with Gasteiger partial charge in [-0.05, 0) is 60.7 Å². The molecule has 0 atom stereocenters. The molecule has 1 amide bonds. The quantitative estimate of drug-likeness (QED) is 0.306. The van der Waals surface area contributed by atoms with Crippen molar-refractivity contribution in [2.45, 2.75) is 0 Å². The Morgan fingerprint density at radius 2 is 1.74 bits per heavy atom. The van der Waals surface area contributed by atoms with E-state index in [4.69, 9.17) is 8.83 Å². The monoisotopic (exact) mass is 476 g/mol. The minimum Gasteiger partial charge on any atom is -0.451 e. The molecule has 0 saturated heterocycles. The second kappa shape index (κ2) is 7.85. The molecule has 5 aromatic rings. The molecule has 0 bridgehead atoms. The van der Waals surface area contributed by atoms with E-state index in [1.165, 1.54) is 12.1 Å².